The van der Waals surface area contributed by atoms with Crippen LogP contribution in [0.25, 0.3) is 0 Å². The van der Waals surface area contributed by atoms with Crippen molar-refractivity contribution in [3.8, 4) is 17.2 Å². The monoisotopic (exact) mass is 391 g/mol. The number of nitrogens with one attached hydrogen (secondary N) is 1. The van der Waals surface area contributed by atoms with Gasteiger partial charge in [-0.15, -0.1) is 0 Å². The molecule has 0 amide bonds. The third kappa shape index (κ3) is 6.26. The molecular weight excluding hydrogens is 362 g/mol. The van der Waals surface area contributed by atoms with Crippen molar-refractivity contribution in [2.24, 2.45) is 0 Å². The molecule has 0 heterocycles. The smallest absolute Gasteiger partial charge is 0.166 e. The lowest BCUT2D eigenvalue weighted by Gasteiger charge is -2.16. The minimum Gasteiger partial charge on any atom is -0.497 e. The third-order valence-corrected chi connectivity index (χ3v) is 4.65. The van der Waals surface area contributed by atoms with E-state index < -0.39 is 0 Å². The van der Waals surface area contributed by atoms with Crippen molar-refractivity contribution in [1.82, 2.24) is 5.32 Å². The Kier molecular flexibility index (Phi) is 7.96. The van der Waals surface area contributed by atoms with Gasteiger partial charge in [0, 0.05) is 12.1 Å². The molecule has 0 aliphatic rings. The van der Waals surface area contributed by atoms with E-state index >= 15 is 0 Å². The normalized spacial score (nSPS) is 10.6. The maximum Gasteiger partial charge on any atom is 0.166 e. The van der Waals surface area contributed by atoms with E-state index in [0.29, 0.717) is 13.2 Å². The zero-order chi connectivity index (χ0) is 20.3. The molecular formula is C25H29NO3. The summed E-state index contributed by atoms with van der Waals surface area (Å²) in [6.45, 7) is 4.71. The highest BCUT2D eigenvalue weighted by Crippen LogP contribution is 2.32. The summed E-state index contributed by atoms with van der Waals surface area (Å²) in [5.41, 5.74) is 3.51. The van der Waals surface area contributed by atoms with Crippen LogP contribution in [0.4, 0.5) is 0 Å². The lowest BCUT2D eigenvalue weighted by Crippen LogP contribution is -2.17. The van der Waals surface area contributed by atoms with Crippen LogP contribution in [0.3, 0.4) is 0 Å². The SMILES string of the molecule is CCOc1cccc(CNCCc2ccc(OC)cc2)c1OCc1ccccc1. The zero-order valence-corrected chi connectivity index (χ0v) is 17.2. The summed E-state index contributed by atoms with van der Waals surface area (Å²) in [6.07, 6.45) is 0.954. The Hall–Kier alpha value is -2.98. The second kappa shape index (κ2) is 11.1. The van der Waals surface area contributed by atoms with E-state index in [9.17, 15) is 0 Å². The van der Waals surface area contributed by atoms with Crippen molar-refractivity contribution < 1.29 is 14.2 Å². The van der Waals surface area contributed by atoms with Crippen LogP contribution in [0, 0.1) is 0 Å². The largest absolute Gasteiger partial charge is 0.497 e. The molecule has 29 heavy (non-hydrogen) atoms. The Bertz CT molecular complexity index is 863. The number of hydrogen-bond donors (Lipinski definition) is 1. The fraction of sp³-hybridized carbons (Fsp3) is 0.280. The van der Waals surface area contributed by atoms with Crippen molar-refractivity contribution in [2.75, 3.05) is 20.3 Å². The van der Waals surface area contributed by atoms with Gasteiger partial charge in [-0.3, -0.25) is 0 Å². The summed E-state index contributed by atoms with van der Waals surface area (Å²) in [6, 6.07) is 24.4. The third-order valence-electron chi connectivity index (χ3n) is 4.65. The van der Waals surface area contributed by atoms with E-state index in [1.165, 1.54) is 5.56 Å². The first-order valence-corrected chi connectivity index (χ1v) is 10.0. The molecule has 0 radical (unpaired) electrons. The predicted molar refractivity (Wildman–Crippen MR) is 117 cm³/mol. The maximum absolute atomic E-state index is 6.17. The van der Waals surface area contributed by atoms with E-state index in [2.05, 4.69) is 35.6 Å². The Labute approximate surface area is 173 Å². The molecule has 3 rings (SSSR count). The lowest BCUT2D eigenvalue weighted by atomic mass is 10.1. The number of rotatable bonds is 11. The molecule has 0 aromatic heterocycles. The first-order valence-electron chi connectivity index (χ1n) is 10.0. The van der Waals surface area contributed by atoms with Crippen LogP contribution < -0.4 is 19.5 Å². The van der Waals surface area contributed by atoms with Crippen molar-refractivity contribution in [2.45, 2.75) is 26.5 Å². The molecule has 0 atom stereocenters. The van der Waals surface area contributed by atoms with Crippen molar-refractivity contribution in [3.05, 3.63) is 89.5 Å². The fourth-order valence-corrected chi connectivity index (χ4v) is 3.11. The number of para-hydroxylation sites is 1. The van der Waals surface area contributed by atoms with Gasteiger partial charge in [0.15, 0.2) is 11.5 Å². The van der Waals surface area contributed by atoms with E-state index in [4.69, 9.17) is 14.2 Å². The van der Waals surface area contributed by atoms with Gasteiger partial charge in [0.05, 0.1) is 13.7 Å². The Morgan fingerprint density at radius 2 is 1.59 bits per heavy atom. The Balaban J connectivity index is 1.60. The molecule has 0 aliphatic carbocycles. The molecule has 4 nitrogen and oxygen atoms in total. The first-order chi connectivity index (χ1) is 14.3. The summed E-state index contributed by atoms with van der Waals surface area (Å²) in [4.78, 5) is 0. The van der Waals surface area contributed by atoms with Crippen LogP contribution >= 0.6 is 0 Å². The molecule has 0 unspecified atom stereocenters. The highest BCUT2D eigenvalue weighted by molar-refractivity contribution is 5.46. The summed E-state index contributed by atoms with van der Waals surface area (Å²) in [5.74, 6) is 2.49. The number of ether oxygens (including phenoxy) is 3. The van der Waals surface area contributed by atoms with Gasteiger partial charge in [0.2, 0.25) is 0 Å². The number of benzene rings is 3. The Morgan fingerprint density at radius 1 is 0.793 bits per heavy atom. The predicted octanol–water partition coefficient (Wildman–Crippen LogP) is 5.01. The minimum absolute atomic E-state index is 0.518. The summed E-state index contributed by atoms with van der Waals surface area (Å²) in [5, 5.41) is 3.52. The fourth-order valence-electron chi connectivity index (χ4n) is 3.11. The van der Waals surface area contributed by atoms with Crippen molar-refractivity contribution >= 4 is 0 Å². The van der Waals surface area contributed by atoms with Gasteiger partial charge in [0.1, 0.15) is 12.4 Å². The van der Waals surface area contributed by atoms with Crippen LogP contribution in [0.2, 0.25) is 0 Å². The average molecular weight is 392 g/mol. The molecule has 0 bridgehead atoms. The maximum atomic E-state index is 6.17. The molecule has 0 spiro atoms. The van der Waals surface area contributed by atoms with Gasteiger partial charge < -0.3 is 19.5 Å². The molecule has 0 fully saturated rings. The van der Waals surface area contributed by atoms with Crippen molar-refractivity contribution in [3.63, 3.8) is 0 Å². The van der Waals surface area contributed by atoms with E-state index in [-0.39, 0.29) is 0 Å². The molecule has 152 valence electrons. The molecule has 1 N–H and O–H groups in total. The van der Waals surface area contributed by atoms with Crippen LogP contribution in [0.15, 0.2) is 72.8 Å². The molecule has 4 heteroatoms. The highest BCUT2D eigenvalue weighted by Gasteiger charge is 2.11. The van der Waals surface area contributed by atoms with Gasteiger partial charge in [-0.1, -0.05) is 54.6 Å². The molecule has 0 saturated carbocycles. The Morgan fingerprint density at radius 3 is 2.31 bits per heavy atom. The number of methoxy groups -OCH3 is 1. The molecule has 3 aromatic rings. The van der Waals surface area contributed by atoms with E-state index in [0.717, 1.165) is 47.9 Å². The summed E-state index contributed by atoms with van der Waals surface area (Å²) >= 11 is 0. The van der Waals surface area contributed by atoms with Crippen LogP contribution in [-0.2, 0) is 19.6 Å². The number of hydrogen-bond acceptors (Lipinski definition) is 4. The van der Waals surface area contributed by atoms with E-state index in [1.54, 1.807) is 7.11 Å². The second-order valence-electron chi connectivity index (χ2n) is 6.73. The van der Waals surface area contributed by atoms with E-state index in [1.807, 2.05) is 49.4 Å². The van der Waals surface area contributed by atoms with Gasteiger partial charge in [0.25, 0.3) is 0 Å². The molecule has 0 saturated heterocycles. The molecule has 0 aliphatic heterocycles. The van der Waals surface area contributed by atoms with Crippen LogP contribution in [-0.4, -0.2) is 20.3 Å². The van der Waals surface area contributed by atoms with Crippen molar-refractivity contribution in [1.29, 1.82) is 0 Å². The van der Waals surface area contributed by atoms with Crippen LogP contribution in [0.5, 0.6) is 17.2 Å². The summed E-state index contributed by atoms with van der Waals surface area (Å²) < 4.78 is 17.2. The van der Waals surface area contributed by atoms with Gasteiger partial charge in [-0.2, -0.15) is 0 Å². The van der Waals surface area contributed by atoms with Gasteiger partial charge >= 0.3 is 0 Å². The van der Waals surface area contributed by atoms with Gasteiger partial charge in [-0.25, -0.2) is 0 Å². The topological polar surface area (TPSA) is 39.7 Å². The van der Waals surface area contributed by atoms with Crippen LogP contribution in [0.1, 0.15) is 23.6 Å². The average Bonchev–Trinajstić information content (AvgIpc) is 2.77. The van der Waals surface area contributed by atoms with Gasteiger partial charge in [-0.05, 0) is 49.2 Å². The molecule has 3 aromatic carbocycles. The first kappa shape index (κ1) is 20.7. The summed E-state index contributed by atoms with van der Waals surface area (Å²) in [7, 11) is 1.68. The highest BCUT2D eigenvalue weighted by atomic mass is 16.5. The second-order valence-corrected chi connectivity index (χ2v) is 6.73. The standard InChI is InChI=1S/C25H29NO3/c1-3-28-24-11-7-10-22(25(24)29-19-21-8-5-4-6-9-21)18-26-17-16-20-12-14-23(27-2)15-13-20/h4-15,26H,3,16-19H2,1-2H3. The quantitative estimate of drug-likeness (QED) is 0.467. The lowest BCUT2D eigenvalue weighted by molar-refractivity contribution is 0.266. The minimum atomic E-state index is 0.518. The zero-order valence-electron chi connectivity index (χ0n) is 17.2.